The minimum Gasteiger partial charge on any atom is -0.461 e. The van der Waals surface area contributed by atoms with Crippen molar-refractivity contribution in [1.29, 1.82) is 0 Å². The van der Waals surface area contributed by atoms with Gasteiger partial charge in [-0.05, 0) is 50.8 Å². The number of aromatic nitrogens is 2. The molecule has 1 saturated heterocycles. The summed E-state index contributed by atoms with van der Waals surface area (Å²) >= 11 is 0. The van der Waals surface area contributed by atoms with E-state index in [1.54, 1.807) is 26.0 Å². The summed E-state index contributed by atoms with van der Waals surface area (Å²) in [6, 6.07) is 5.74. The number of halogens is 3. The van der Waals surface area contributed by atoms with Gasteiger partial charge in [-0.1, -0.05) is 12.1 Å². The lowest BCUT2D eigenvalue weighted by Crippen LogP contribution is -2.29. The molecule has 0 spiro atoms. The molecule has 168 valence electrons. The Hall–Kier alpha value is -2.88. The Morgan fingerprint density at radius 2 is 1.97 bits per heavy atom. The van der Waals surface area contributed by atoms with Gasteiger partial charge in [-0.25, -0.2) is 14.8 Å². The summed E-state index contributed by atoms with van der Waals surface area (Å²) in [6.07, 6.45) is -1.24. The Morgan fingerprint density at radius 3 is 2.65 bits per heavy atom. The van der Waals surface area contributed by atoms with E-state index < -0.39 is 12.3 Å². The van der Waals surface area contributed by atoms with Crippen molar-refractivity contribution in [2.45, 2.75) is 51.7 Å². The Balaban J connectivity index is 1.59. The summed E-state index contributed by atoms with van der Waals surface area (Å²) in [6.45, 7) is 4.18. The van der Waals surface area contributed by atoms with Gasteiger partial charge in [0.2, 0.25) is 0 Å². The first-order chi connectivity index (χ1) is 14.8. The summed E-state index contributed by atoms with van der Waals surface area (Å²) in [4.78, 5) is 20.2. The van der Waals surface area contributed by atoms with Gasteiger partial charge in [-0.2, -0.15) is 0 Å². The van der Waals surface area contributed by atoms with Crippen LogP contribution in [-0.2, 0) is 9.47 Å². The number of carbonyl (C=O) groups is 1. The maximum Gasteiger partial charge on any atom is 0.573 e. The predicted molar refractivity (Wildman–Crippen MR) is 106 cm³/mol. The van der Waals surface area contributed by atoms with Crippen molar-refractivity contribution in [1.82, 2.24) is 9.97 Å². The molecule has 0 bridgehead atoms. The largest absolute Gasteiger partial charge is 0.573 e. The van der Waals surface area contributed by atoms with Crippen LogP contribution in [-0.4, -0.2) is 41.6 Å². The van der Waals surface area contributed by atoms with Gasteiger partial charge in [-0.3, -0.25) is 0 Å². The molecule has 2 atom stereocenters. The molecule has 10 heteroatoms. The molecule has 31 heavy (non-hydrogen) atoms. The van der Waals surface area contributed by atoms with Crippen LogP contribution in [0.2, 0.25) is 0 Å². The van der Waals surface area contributed by atoms with E-state index in [0.29, 0.717) is 17.9 Å². The van der Waals surface area contributed by atoms with E-state index in [-0.39, 0.29) is 30.3 Å². The van der Waals surface area contributed by atoms with Gasteiger partial charge in [0.15, 0.2) is 5.69 Å². The van der Waals surface area contributed by atoms with Crippen LogP contribution in [0.25, 0.3) is 0 Å². The summed E-state index contributed by atoms with van der Waals surface area (Å²) in [5, 5.41) is 3.20. The van der Waals surface area contributed by atoms with E-state index in [0.717, 1.165) is 24.8 Å². The minimum atomic E-state index is -4.72. The zero-order valence-corrected chi connectivity index (χ0v) is 17.2. The molecule has 1 fully saturated rings. The SMILES string of the molecule is CCOC(=O)c1ncnc(NCC2CCCC(c3ccc(OC(F)(F)F)cc3)O2)c1C. The number of hydrogen-bond donors (Lipinski definition) is 1. The maximum atomic E-state index is 12.3. The molecule has 1 aliphatic heterocycles. The first-order valence-corrected chi connectivity index (χ1v) is 10.0. The fourth-order valence-electron chi connectivity index (χ4n) is 3.42. The molecular weight excluding hydrogens is 415 g/mol. The number of ether oxygens (including phenoxy) is 3. The second kappa shape index (κ2) is 9.95. The monoisotopic (exact) mass is 439 g/mol. The molecule has 0 aliphatic carbocycles. The normalized spacial score (nSPS) is 19.0. The van der Waals surface area contributed by atoms with Gasteiger partial charge in [0, 0.05) is 12.1 Å². The highest BCUT2D eigenvalue weighted by atomic mass is 19.4. The fourth-order valence-corrected chi connectivity index (χ4v) is 3.42. The number of nitrogens with one attached hydrogen (secondary N) is 1. The Kier molecular flexibility index (Phi) is 7.32. The summed E-state index contributed by atoms with van der Waals surface area (Å²) in [5.41, 5.74) is 1.60. The molecule has 1 aliphatic rings. The van der Waals surface area contributed by atoms with Crippen molar-refractivity contribution in [2.24, 2.45) is 0 Å². The number of esters is 1. The Bertz CT molecular complexity index is 890. The number of benzene rings is 1. The van der Waals surface area contributed by atoms with Gasteiger partial charge < -0.3 is 19.5 Å². The summed E-state index contributed by atoms with van der Waals surface area (Å²) in [7, 11) is 0. The standard InChI is InChI=1S/C21H24F3N3O4/c1-3-29-20(28)18-13(2)19(27-12-26-18)25-11-16-5-4-6-17(30-16)14-7-9-15(10-8-14)31-21(22,23)24/h7-10,12,16-17H,3-6,11H2,1-2H3,(H,25,26,27). The second-order valence-corrected chi connectivity index (χ2v) is 7.09. The number of carbonyl (C=O) groups excluding carboxylic acids is 1. The Labute approximate surface area is 177 Å². The van der Waals surface area contributed by atoms with Crippen LogP contribution in [0.4, 0.5) is 19.0 Å². The molecule has 0 amide bonds. The molecule has 7 nitrogen and oxygen atoms in total. The lowest BCUT2D eigenvalue weighted by molar-refractivity contribution is -0.274. The quantitative estimate of drug-likeness (QED) is 0.632. The van der Waals surface area contributed by atoms with Crippen LogP contribution in [0.1, 0.15) is 53.9 Å². The first kappa shape index (κ1) is 22.8. The van der Waals surface area contributed by atoms with Crippen LogP contribution < -0.4 is 10.1 Å². The van der Waals surface area contributed by atoms with Crippen molar-refractivity contribution in [3.8, 4) is 5.75 Å². The van der Waals surface area contributed by atoms with Crippen LogP contribution in [0.3, 0.4) is 0 Å². The molecule has 1 aromatic carbocycles. The minimum absolute atomic E-state index is 0.120. The van der Waals surface area contributed by atoms with E-state index in [1.165, 1.54) is 18.5 Å². The lowest BCUT2D eigenvalue weighted by atomic mass is 9.98. The van der Waals surface area contributed by atoms with Crippen molar-refractivity contribution in [3.05, 3.63) is 47.4 Å². The highest BCUT2D eigenvalue weighted by Crippen LogP contribution is 2.33. The van der Waals surface area contributed by atoms with Crippen LogP contribution in [0.15, 0.2) is 30.6 Å². The van der Waals surface area contributed by atoms with Gasteiger partial charge in [-0.15, -0.1) is 13.2 Å². The van der Waals surface area contributed by atoms with Gasteiger partial charge in [0.1, 0.15) is 17.9 Å². The Morgan fingerprint density at radius 1 is 1.23 bits per heavy atom. The first-order valence-electron chi connectivity index (χ1n) is 10.0. The summed E-state index contributed by atoms with van der Waals surface area (Å²) in [5.74, 6) is -0.239. The lowest BCUT2D eigenvalue weighted by Gasteiger charge is -2.31. The van der Waals surface area contributed by atoms with Gasteiger partial charge in [0.05, 0.1) is 18.8 Å². The van der Waals surface area contributed by atoms with E-state index >= 15 is 0 Å². The third-order valence-electron chi connectivity index (χ3n) is 4.88. The third kappa shape index (κ3) is 6.30. The maximum absolute atomic E-state index is 12.3. The summed E-state index contributed by atoms with van der Waals surface area (Å²) < 4.78 is 52.0. The fraction of sp³-hybridized carbons (Fsp3) is 0.476. The van der Waals surface area contributed by atoms with Gasteiger partial charge in [0.25, 0.3) is 0 Å². The van der Waals surface area contributed by atoms with Gasteiger partial charge >= 0.3 is 12.3 Å². The van der Waals surface area contributed by atoms with Crippen LogP contribution >= 0.6 is 0 Å². The average molecular weight is 439 g/mol. The zero-order valence-electron chi connectivity index (χ0n) is 17.2. The highest BCUT2D eigenvalue weighted by molar-refractivity contribution is 5.90. The molecule has 1 N–H and O–H groups in total. The second-order valence-electron chi connectivity index (χ2n) is 7.09. The third-order valence-corrected chi connectivity index (χ3v) is 4.88. The number of nitrogens with zero attached hydrogens (tertiary/aromatic N) is 2. The molecule has 2 unspecified atom stereocenters. The van der Waals surface area contributed by atoms with Crippen molar-refractivity contribution in [2.75, 3.05) is 18.5 Å². The molecule has 0 saturated carbocycles. The predicted octanol–water partition coefficient (Wildman–Crippen LogP) is 4.58. The van der Waals surface area contributed by atoms with Crippen molar-refractivity contribution < 1.29 is 32.2 Å². The number of hydrogen-bond acceptors (Lipinski definition) is 7. The average Bonchev–Trinajstić information content (AvgIpc) is 2.73. The zero-order chi connectivity index (χ0) is 22.4. The molecule has 2 heterocycles. The highest BCUT2D eigenvalue weighted by Gasteiger charge is 2.31. The molecule has 2 aromatic rings. The van der Waals surface area contributed by atoms with E-state index in [9.17, 15) is 18.0 Å². The molecular formula is C21H24F3N3O4. The van der Waals surface area contributed by atoms with E-state index in [4.69, 9.17) is 9.47 Å². The number of rotatable bonds is 7. The number of alkyl halides is 3. The smallest absolute Gasteiger partial charge is 0.461 e. The molecule has 1 aromatic heterocycles. The van der Waals surface area contributed by atoms with Crippen LogP contribution in [0.5, 0.6) is 5.75 Å². The number of anilines is 1. The van der Waals surface area contributed by atoms with Crippen molar-refractivity contribution >= 4 is 11.8 Å². The van der Waals surface area contributed by atoms with E-state index in [1.807, 2.05) is 0 Å². The van der Waals surface area contributed by atoms with E-state index in [2.05, 4.69) is 20.0 Å². The van der Waals surface area contributed by atoms with Crippen molar-refractivity contribution in [3.63, 3.8) is 0 Å². The molecule has 0 radical (unpaired) electrons. The topological polar surface area (TPSA) is 82.6 Å². The van der Waals surface area contributed by atoms with Crippen LogP contribution in [0, 0.1) is 6.92 Å². The molecule has 3 rings (SSSR count).